The Morgan fingerprint density at radius 2 is 1.78 bits per heavy atom. The molecule has 0 bridgehead atoms. The molecule has 1 amide bonds. The molecule has 23 heavy (non-hydrogen) atoms. The van der Waals surface area contributed by atoms with Crippen molar-refractivity contribution >= 4 is 16.2 Å². The first-order chi connectivity index (χ1) is 10.5. The van der Waals surface area contributed by atoms with E-state index in [4.69, 9.17) is 8.92 Å². The highest BCUT2D eigenvalue weighted by molar-refractivity contribution is 7.86. The lowest BCUT2D eigenvalue weighted by molar-refractivity contribution is 0.0436. The molecule has 0 aliphatic heterocycles. The zero-order valence-electron chi connectivity index (χ0n) is 14.9. The lowest BCUT2D eigenvalue weighted by Gasteiger charge is -2.31. The van der Waals surface area contributed by atoms with Gasteiger partial charge >= 0.3 is 6.09 Å². The monoisotopic (exact) mass is 349 g/mol. The van der Waals surface area contributed by atoms with Crippen molar-refractivity contribution in [2.75, 3.05) is 6.26 Å². The van der Waals surface area contributed by atoms with Crippen molar-refractivity contribution in [3.63, 3.8) is 0 Å². The van der Waals surface area contributed by atoms with Crippen molar-refractivity contribution < 1.29 is 22.1 Å². The maximum atomic E-state index is 12.0. The largest absolute Gasteiger partial charge is 0.444 e. The highest BCUT2D eigenvalue weighted by atomic mass is 32.2. The molecule has 1 saturated carbocycles. The van der Waals surface area contributed by atoms with E-state index < -0.39 is 27.9 Å². The molecule has 7 heteroatoms. The summed E-state index contributed by atoms with van der Waals surface area (Å²) >= 11 is 0. The molecule has 0 saturated heterocycles. The van der Waals surface area contributed by atoms with Crippen molar-refractivity contribution in [2.24, 2.45) is 5.92 Å². The van der Waals surface area contributed by atoms with Gasteiger partial charge in [-0.2, -0.15) is 8.42 Å². The molecule has 2 atom stereocenters. The predicted octanol–water partition coefficient (Wildman–Crippen LogP) is 3.21. The number of amides is 1. The minimum Gasteiger partial charge on any atom is -0.444 e. The summed E-state index contributed by atoms with van der Waals surface area (Å²) in [6.07, 6.45) is 6.40. The van der Waals surface area contributed by atoms with Gasteiger partial charge in [-0.3, -0.25) is 4.18 Å². The van der Waals surface area contributed by atoms with E-state index in [1.54, 1.807) is 27.7 Å². The molecule has 0 aromatic heterocycles. The van der Waals surface area contributed by atoms with E-state index in [1.165, 1.54) is 19.3 Å². The number of ether oxygens (including phenoxy) is 1. The highest BCUT2D eigenvalue weighted by Gasteiger charge is 2.29. The van der Waals surface area contributed by atoms with Gasteiger partial charge in [0.1, 0.15) is 5.60 Å². The summed E-state index contributed by atoms with van der Waals surface area (Å²) in [4.78, 5) is 12.0. The summed E-state index contributed by atoms with van der Waals surface area (Å²) in [6, 6.07) is -0.386. The lowest BCUT2D eigenvalue weighted by Crippen LogP contribution is -2.47. The number of alkyl carbamates (subject to hydrolysis) is 1. The number of rotatable bonds is 6. The van der Waals surface area contributed by atoms with Gasteiger partial charge in [-0.05, 0) is 40.0 Å². The van der Waals surface area contributed by atoms with Gasteiger partial charge in [0.05, 0.1) is 18.4 Å². The molecule has 0 spiro atoms. The number of hydrogen-bond acceptors (Lipinski definition) is 5. The Bertz CT molecular complexity index is 477. The van der Waals surface area contributed by atoms with E-state index in [9.17, 15) is 13.2 Å². The fraction of sp³-hybridized carbons (Fsp3) is 0.938. The van der Waals surface area contributed by atoms with Crippen molar-refractivity contribution in [3.8, 4) is 0 Å². The van der Waals surface area contributed by atoms with Crippen LogP contribution in [0.4, 0.5) is 4.79 Å². The van der Waals surface area contributed by atoms with E-state index in [0.717, 1.165) is 19.1 Å². The number of carbonyl (C=O) groups is 1. The molecule has 1 aliphatic carbocycles. The molecule has 0 radical (unpaired) electrons. The summed E-state index contributed by atoms with van der Waals surface area (Å²) in [5.74, 6) is 0.481. The molecule has 0 heterocycles. The molecule has 6 nitrogen and oxygen atoms in total. The minimum atomic E-state index is -3.57. The van der Waals surface area contributed by atoms with Crippen LogP contribution in [0.15, 0.2) is 0 Å². The van der Waals surface area contributed by atoms with Crippen LogP contribution in [0.2, 0.25) is 0 Å². The van der Waals surface area contributed by atoms with Crippen molar-refractivity contribution in [1.29, 1.82) is 0 Å². The first-order valence-electron chi connectivity index (χ1n) is 8.34. The van der Waals surface area contributed by atoms with Gasteiger partial charge in [0, 0.05) is 0 Å². The predicted molar refractivity (Wildman–Crippen MR) is 89.7 cm³/mol. The van der Waals surface area contributed by atoms with Crippen LogP contribution >= 0.6 is 0 Å². The van der Waals surface area contributed by atoms with Crippen LogP contribution in [-0.2, 0) is 19.0 Å². The minimum absolute atomic E-state index is 0.386. The highest BCUT2D eigenvalue weighted by Crippen LogP contribution is 2.28. The summed E-state index contributed by atoms with van der Waals surface area (Å²) in [7, 11) is -3.57. The molecule has 0 aromatic rings. The quantitative estimate of drug-likeness (QED) is 0.745. The van der Waals surface area contributed by atoms with Crippen LogP contribution in [0.3, 0.4) is 0 Å². The second-order valence-electron chi connectivity index (χ2n) is 7.50. The Morgan fingerprint density at radius 1 is 1.22 bits per heavy atom. The first kappa shape index (κ1) is 20.2. The van der Waals surface area contributed by atoms with E-state index in [2.05, 4.69) is 5.32 Å². The van der Waals surface area contributed by atoms with Gasteiger partial charge in [-0.25, -0.2) is 4.79 Å². The van der Waals surface area contributed by atoms with Gasteiger partial charge in [0.15, 0.2) is 0 Å². The Morgan fingerprint density at radius 3 is 2.26 bits per heavy atom. The Balaban J connectivity index is 2.72. The Hall–Kier alpha value is -0.820. The second kappa shape index (κ2) is 8.33. The molecule has 1 aliphatic rings. The number of nitrogens with one attached hydrogen (secondary N) is 1. The molecule has 1 N–H and O–H groups in total. The fourth-order valence-electron chi connectivity index (χ4n) is 2.95. The van der Waals surface area contributed by atoms with Gasteiger partial charge < -0.3 is 10.1 Å². The average molecular weight is 349 g/mol. The van der Waals surface area contributed by atoms with Crippen LogP contribution in [0.1, 0.15) is 66.2 Å². The smallest absolute Gasteiger partial charge is 0.407 e. The van der Waals surface area contributed by atoms with Crippen molar-refractivity contribution in [1.82, 2.24) is 5.32 Å². The first-order valence-corrected chi connectivity index (χ1v) is 10.2. The van der Waals surface area contributed by atoms with Crippen LogP contribution in [0.5, 0.6) is 0 Å². The fourth-order valence-corrected chi connectivity index (χ4v) is 3.64. The SMILES string of the molecule is C[C@H](OS(C)(=O)=O)[C@H](CC1CCCCC1)NC(=O)OC(C)(C)C. The normalized spacial score (nSPS) is 19.9. The van der Waals surface area contributed by atoms with Crippen LogP contribution in [0, 0.1) is 5.92 Å². The summed E-state index contributed by atoms with van der Waals surface area (Å²) in [5.41, 5.74) is -0.597. The van der Waals surface area contributed by atoms with E-state index >= 15 is 0 Å². The third-order valence-corrected chi connectivity index (χ3v) is 4.56. The molecule has 0 aromatic carbocycles. The van der Waals surface area contributed by atoms with Crippen LogP contribution < -0.4 is 5.32 Å². The molecule has 1 fully saturated rings. The lowest BCUT2D eigenvalue weighted by atomic mass is 9.84. The molecule has 0 unspecified atom stereocenters. The Labute approximate surface area is 140 Å². The van der Waals surface area contributed by atoms with Gasteiger partial charge in [-0.15, -0.1) is 0 Å². The number of hydrogen-bond donors (Lipinski definition) is 1. The maximum Gasteiger partial charge on any atom is 0.407 e. The van der Waals surface area contributed by atoms with Crippen molar-refractivity contribution in [2.45, 2.75) is 84.0 Å². The van der Waals surface area contributed by atoms with Crippen LogP contribution in [-0.4, -0.2) is 38.5 Å². The van der Waals surface area contributed by atoms with Crippen molar-refractivity contribution in [3.05, 3.63) is 0 Å². The molecular formula is C16H31NO5S. The average Bonchev–Trinajstić information content (AvgIpc) is 2.34. The summed E-state index contributed by atoms with van der Waals surface area (Å²) < 4.78 is 33.1. The molecule has 1 rings (SSSR count). The molecule has 136 valence electrons. The molecular weight excluding hydrogens is 318 g/mol. The Kier molecular flexibility index (Phi) is 7.32. The summed E-state index contributed by atoms with van der Waals surface area (Å²) in [6.45, 7) is 7.05. The van der Waals surface area contributed by atoms with Gasteiger partial charge in [0.25, 0.3) is 10.1 Å². The van der Waals surface area contributed by atoms with Crippen LogP contribution in [0.25, 0.3) is 0 Å². The van der Waals surface area contributed by atoms with E-state index in [1.807, 2.05) is 0 Å². The van der Waals surface area contributed by atoms with E-state index in [-0.39, 0.29) is 6.04 Å². The third-order valence-electron chi connectivity index (χ3n) is 3.91. The van der Waals surface area contributed by atoms with E-state index in [0.29, 0.717) is 12.3 Å². The second-order valence-corrected chi connectivity index (χ2v) is 9.10. The standard InChI is InChI=1S/C16H31NO5S/c1-12(22-23(5,19)20)14(11-13-9-7-6-8-10-13)17-15(18)21-16(2,3)4/h12-14H,6-11H2,1-5H3,(H,17,18)/t12-,14-/m0/s1. The van der Waals surface area contributed by atoms with Gasteiger partial charge in [0.2, 0.25) is 0 Å². The summed E-state index contributed by atoms with van der Waals surface area (Å²) in [5, 5.41) is 2.79. The topological polar surface area (TPSA) is 81.7 Å². The zero-order chi connectivity index (χ0) is 17.7. The van der Waals surface area contributed by atoms with Gasteiger partial charge in [-0.1, -0.05) is 32.1 Å². The maximum absolute atomic E-state index is 12.0. The number of carbonyl (C=O) groups excluding carboxylic acids is 1. The zero-order valence-corrected chi connectivity index (χ0v) is 15.7. The third kappa shape index (κ3) is 9.15.